The van der Waals surface area contributed by atoms with Gasteiger partial charge in [-0.25, -0.2) is 4.39 Å². The number of benzene rings is 1. The number of aliphatic hydroxyl groups is 1. The van der Waals surface area contributed by atoms with Crippen LogP contribution in [0, 0.1) is 5.82 Å². The monoisotopic (exact) mass is 243 g/mol. The number of hydrogen-bond acceptors (Lipinski definition) is 2. The predicted octanol–water partition coefficient (Wildman–Crippen LogP) is 2.14. The number of hydrogen-bond donors (Lipinski definition) is 2. The van der Waals surface area contributed by atoms with Crippen LogP contribution in [0.15, 0.2) is 18.2 Å². The van der Waals surface area contributed by atoms with Gasteiger partial charge in [0.05, 0.1) is 6.61 Å². The summed E-state index contributed by atoms with van der Waals surface area (Å²) in [6.07, 6.45) is 2.30. The van der Waals surface area contributed by atoms with Crippen LogP contribution in [0.25, 0.3) is 0 Å². The number of aliphatic hydroxyl groups excluding tert-OH is 1. The Labute approximate surface area is 99.4 Å². The van der Waals surface area contributed by atoms with Gasteiger partial charge in [-0.15, -0.1) is 0 Å². The molecule has 1 heterocycles. The van der Waals surface area contributed by atoms with Crippen molar-refractivity contribution in [3.8, 4) is 0 Å². The minimum Gasteiger partial charge on any atom is -0.394 e. The second-order valence-corrected chi connectivity index (χ2v) is 4.75. The summed E-state index contributed by atoms with van der Waals surface area (Å²) >= 11 is 5.98. The van der Waals surface area contributed by atoms with E-state index in [0.717, 1.165) is 19.4 Å². The highest BCUT2D eigenvalue weighted by atomic mass is 35.5. The van der Waals surface area contributed by atoms with Crippen LogP contribution >= 0.6 is 11.6 Å². The molecular formula is C12H15ClFNO. The van der Waals surface area contributed by atoms with Crippen molar-refractivity contribution in [1.82, 2.24) is 5.32 Å². The van der Waals surface area contributed by atoms with Crippen molar-refractivity contribution in [1.29, 1.82) is 0 Å². The standard InChI is InChI=1S/C12H15ClFNO/c13-10-3-1-4-11(14)9(10)7-12(8-16)5-2-6-15-12/h1,3-4,15-16H,2,5-8H2. The van der Waals surface area contributed by atoms with Crippen LogP contribution in [0.3, 0.4) is 0 Å². The summed E-state index contributed by atoms with van der Waals surface area (Å²) < 4.78 is 13.6. The first kappa shape index (κ1) is 11.8. The SMILES string of the molecule is OCC1(Cc2c(F)cccc2Cl)CCCN1. The topological polar surface area (TPSA) is 32.3 Å². The van der Waals surface area contributed by atoms with Crippen molar-refractivity contribution < 1.29 is 9.50 Å². The predicted molar refractivity (Wildman–Crippen MR) is 62.2 cm³/mol. The van der Waals surface area contributed by atoms with E-state index < -0.39 is 5.54 Å². The van der Waals surface area contributed by atoms with Crippen molar-refractivity contribution in [2.75, 3.05) is 13.2 Å². The molecule has 1 saturated heterocycles. The van der Waals surface area contributed by atoms with Crippen molar-refractivity contribution in [3.63, 3.8) is 0 Å². The van der Waals surface area contributed by atoms with Gasteiger partial charge in [0.1, 0.15) is 5.82 Å². The van der Waals surface area contributed by atoms with E-state index in [2.05, 4.69) is 5.32 Å². The Morgan fingerprint density at radius 2 is 2.31 bits per heavy atom. The summed E-state index contributed by atoms with van der Waals surface area (Å²) in [5, 5.41) is 13.1. The summed E-state index contributed by atoms with van der Waals surface area (Å²) in [6, 6.07) is 4.68. The summed E-state index contributed by atoms with van der Waals surface area (Å²) in [4.78, 5) is 0. The Hall–Kier alpha value is -0.640. The molecule has 1 atom stereocenters. The molecule has 1 aliphatic heterocycles. The molecule has 1 fully saturated rings. The Kier molecular flexibility index (Phi) is 3.47. The fourth-order valence-electron chi connectivity index (χ4n) is 2.25. The smallest absolute Gasteiger partial charge is 0.127 e. The molecule has 4 heteroatoms. The summed E-state index contributed by atoms with van der Waals surface area (Å²) in [5.41, 5.74) is 0.0962. The second kappa shape index (κ2) is 4.70. The molecule has 88 valence electrons. The molecule has 1 aliphatic rings. The largest absolute Gasteiger partial charge is 0.394 e. The zero-order valence-corrected chi connectivity index (χ0v) is 9.73. The van der Waals surface area contributed by atoms with Gasteiger partial charge < -0.3 is 10.4 Å². The Bertz CT molecular complexity index is 357. The number of rotatable bonds is 3. The minimum absolute atomic E-state index is 0.0116. The van der Waals surface area contributed by atoms with Crippen LogP contribution in [0.1, 0.15) is 18.4 Å². The van der Waals surface area contributed by atoms with Crippen LogP contribution in [0.4, 0.5) is 4.39 Å². The lowest BCUT2D eigenvalue weighted by Gasteiger charge is -2.27. The highest BCUT2D eigenvalue weighted by Crippen LogP contribution is 2.28. The van der Waals surface area contributed by atoms with Crippen molar-refractivity contribution in [2.45, 2.75) is 24.8 Å². The zero-order valence-electron chi connectivity index (χ0n) is 8.97. The van der Waals surface area contributed by atoms with Crippen molar-refractivity contribution in [2.24, 2.45) is 0 Å². The number of halogens is 2. The fraction of sp³-hybridized carbons (Fsp3) is 0.500. The molecule has 2 rings (SSSR count). The van der Waals surface area contributed by atoms with E-state index >= 15 is 0 Å². The average Bonchev–Trinajstić information content (AvgIpc) is 2.73. The van der Waals surface area contributed by atoms with E-state index in [1.54, 1.807) is 12.1 Å². The van der Waals surface area contributed by atoms with Crippen molar-refractivity contribution >= 4 is 11.6 Å². The van der Waals surface area contributed by atoms with Crippen LogP contribution in [0.5, 0.6) is 0 Å². The maximum absolute atomic E-state index is 13.6. The van der Waals surface area contributed by atoms with Gasteiger partial charge in [-0.3, -0.25) is 0 Å². The molecule has 2 N–H and O–H groups in total. The molecular weight excluding hydrogens is 229 g/mol. The van der Waals surface area contributed by atoms with Gasteiger partial charge >= 0.3 is 0 Å². The lowest BCUT2D eigenvalue weighted by Crippen LogP contribution is -2.45. The van der Waals surface area contributed by atoms with Gasteiger partial charge in [0, 0.05) is 16.1 Å². The van der Waals surface area contributed by atoms with Gasteiger partial charge in [-0.1, -0.05) is 17.7 Å². The lowest BCUT2D eigenvalue weighted by atomic mass is 9.90. The Balaban J connectivity index is 2.25. The van der Waals surface area contributed by atoms with Crippen molar-refractivity contribution in [3.05, 3.63) is 34.6 Å². The highest BCUT2D eigenvalue weighted by Gasteiger charge is 2.34. The fourth-order valence-corrected chi connectivity index (χ4v) is 2.48. The molecule has 1 aromatic carbocycles. The normalized spacial score (nSPS) is 24.9. The third-order valence-electron chi connectivity index (χ3n) is 3.21. The van der Waals surface area contributed by atoms with Gasteiger partial charge in [-0.05, 0) is 37.9 Å². The molecule has 0 amide bonds. The first-order chi connectivity index (χ1) is 7.67. The van der Waals surface area contributed by atoms with Gasteiger partial charge in [0.15, 0.2) is 0 Å². The van der Waals surface area contributed by atoms with E-state index in [1.807, 2.05) is 0 Å². The van der Waals surface area contributed by atoms with E-state index in [-0.39, 0.29) is 12.4 Å². The molecule has 0 spiro atoms. The van der Waals surface area contributed by atoms with Gasteiger partial charge in [0.25, 0.3) is 0 Å². The lowest BCUT2D eigenvalue weighted by molar-refractivity contribution is 0.176. The Morgan fingerprint density at radius 1 is 1.50 bits per heavy atom. The number of nitrogens with one attached hydrogen (secondary N) is 1. The maximum Gasteiger partial charge on any atom is 0.127 e. The quantitative estimate of drug-likeness (QED) is 0.853. The first-order valence-corrected chi connectivity index (χ1v) is 5.83. The molecule has 0 saturated carbocycles. The Morgan fingerprint density at radius 3 is 2.88 bits per heavy atom. The van der Waals surface area contributed by atoms with Crippen LogP contribution in [-0.4, -0.2) is 23.8 Å². The molecule has 1 unspecified atom stereocenters. The summed E-state index contributed by atoms with van der Waals surface area (Å²) in [6.45, 7) is 0.879. The van der Waals surface area contributed by atoms with Crippen LogP contribution in [-0.2, 0) is 6.42 Å². The van der Waals surface area contributed by atoms with E-state index in [0.29, 0.717) is 17.0 Å². The first-order valence-electron chi connectivity index (χ1n) is 5.46. The van der Waals surface area contributed by atoms with Crippen LogP contribution in [0.2, 0.25) is 5.02 Å². The van der Waals surface area contributed by atoms with E-state index in [4.69, 9.17) is 11.6 Å². The van der Waals surface area contributed by atoms with E-state index in [9.17, 15) is 9.50 Å². The molecule has 0 bridgehead atoms. The third-order valence-corrected chi connectivity index (χ3v) is 3.57. The molecule has 1 aromatic rings. The minimum atomic E-state index is -0.397. The third kappa shape index (κ3) is 2.21. The zero-order chi connectivity index (χ0) is 11.6. The second-order valence-electron chi connectivity index (χ2n) is 4.35. The average molecular weight is 244 g/mol. The van der Waals surface area contributed by atoms with Gasteiger partial charge in [0.2, 0.25) is 0 Å². The van der Waals surface area contributed by atoms with Gasteiger partial charge in [-0.2, -0.15) is 0 Å². The summed E-state index contributed by atoms with van der Waals surface area (Å²) in [7, 11) is 0. The molecule has 2 nitrogen and oxygen atoms in total. The van der Waals surface area contributed by atoms with Crippen LogP contribution < -0.4 is 5.32 Å². The maximum atomic E-state index is 13.6. The molecule has 0 aliphatic carbocycles. The molecule has 16 heavy (non-hydrogen) atoms. The molecule has 0 aromatic heterocycles. The highest BCUT2D eigenvalue weighted by molar-refractivity contribution is 6.31. The van der Waals surface area contributed by atoms with E-state index in [1.165, 1.54) is 6.07 Å². The molecule has 0 radical (unpaired) electrons. The summed E-state index contributed by atoms with van der Waals surface area (Å²) in [5.74, 6) is -0.297.